The van der Waals surface area contributed by atoms with E-state index in [1.165, 1.54) is 12.3 Å². The molecule has 1 unspecified atom stereocenters. The fraction of sp³-hybridized carbons (Fsp3) is 0.421. The van der Waals surface area contributed by atoms with Crippen molar-refractivity contribution in [3.8, 4) is 0 Å². The van der Waals surface area contributed by atoms with Gasteiger partial charge in [0.1, 0.15) is 17.3 Å². The molecule has 1 aliphatic rings. The van der Waals surface area contributed by atoms with E-state index in [0.29, 0.717) is 18.1 Å². The first kappa shape index (κ1) is 18.1. The van der Waals surface area contributed by atoms with Crippen molar-refractivity contribution in [2.24, 2.45) is 0 Å². The number of carbonyl (C=O) groups excluding carboxylic acids is 1. The predicted octanol–water partition coefficient (Wildman–Crippen LogP) is 2.39. The van der Waals surface area contributed by atoms with Gasteiger partial charge in [-0.05, 0) is 43.5 Å². The molecule has 3 rings (SSSR count). The molecule has 7 heteroatoms. The Morgan fingerprint density at radius 1 is 1.31 bits per heavy atom. The van der Waals surface area contributed by atoms with Gasteiger partial charge >= 0.3 is 0 Å². The first-order valence-electron chi connectivity index (χ1n) is 8.75. The number of benzene rings is 1. The summed E-state index contributed by atoms with van der Waals surface area (Å²) in [4.78, 5) is 24.9. The van der Waals surface area contributed by atoms with Crippen LogP contribution in [0.2, 0.25) is 0 Å². The Balaban J connectivity index is 1.65. The molecule has 1 atom stereocenters. The van der Waals surface area contributed by atoms with Crippen molar-refractivity contribution in [1.29, 1.82) is 0 Å². The average molecular weight is 357 g/mol. The molecule has 1 N–H and O–H groups in total. The van der Waals surface area contributed by atoms with Gasteiger partial charge in [0.2, 0.25) is 0 Å². The number of nitrogens with one attached hydrogen (secondary N) is 1. The molecule has 1 aromatic heterocycles. The van der Waals surface area contributed by atoms with Gasteiger partial charge in [-0.1, -0.05) is 0 Å². The maximum Gasteiger partial charge on any atom is 0.271 e. The Morgan fingerprint density at radius 2 is 2.12 bits per heavy atom. The molecule has 0 spiro atoms. The normalized spacial score (nSPS) is 17.1. The zero-order valence-electron chi connectivity index (χ0n) is 15.4. The number of piperidine rings is 1. The Labute approximate surface area is 153 Å². The number of carbonyl (C=O) groups is 1. The van der Waals surface area contributed by atoms with Crippen molar-refractivity contribution >= 4 is 17.4 Å². The lowest BCUT2D eigenvalue weighted by Crippen LogP contribution is -2.48. The lowest BCUT2D eigenvalue weighted by Gasteiger charge is -2.35. The highest BCUT2D eigenvalue weighted by Crippen LogP contribution is 2.24. The van der Waals surface area contributed by atoms with Crippen molar-refractivity contribution in [1.82, 2.24) is 15.3 Å². The topological polar surface area (TPSA) is 61.4 Å². The molecule has 6 nitrogen and oxygen atoms in total. The number of halogens is 1. The SMILES string of the molecule is Cc1cc(F)ccc1N1CCCC(NC(=O)c2cnc(N(C)C)cn2)C1. The van der Waals surface area contributed by atoms with E-state index in [9.17, 15) is 9.18 Å². The molecule has 1 amide bonds. The second-order valence-electron chi connectivity index (χ2n) is 6.84. The van der Waals surface area contributed by atoms with Gasteiger partial charge in [0.05, 0.1) is 12.4 Å². The summed E-state index contributed by atoms with van der Waals surface area (Å²) in [6, 6.07) is 4.85. The van der Waals surface area contributed by atoms with Crippen LogP contribution in [0, 0.1) is 12.7 Å². The van der Waals surface area contributed by atoms with Gasteiger partial charge in [0.15, 0.2) is 0 Å². The first-order valence-corrected chi connectivity index (χ1v) is 8.75. The molecule has 138 valence electrons. The van der Waals surface area contributed by atoms with Crippen LogP contribution in [0.15, 0.2) is 30.6 Å². The molecule has 1 aromatic carbocycles. The monoisotopic (exact) mass is 357 g/mol. The van der Waals surface area contributed by atoms with Crippen molar-refractivity contribution in [3.63, 3.8) is 0 Å². The fourth-order valence-electron chi connectivity index (χ4n) is 3.22. The maximum absolute atomic E-state index is 13.3. The van der Waals surface area contributed by atoms with E-state index in [1.54, 1.807) is 18.3 Å². The zero-order chi connectivity index (χ0) is 18.7. The molecule has 0 bridgehead atoms. The van der Waals surface area contributed by atoms with E-state index in [2.05, 4.69) is 20.2 Å². The number of hydrogen-bond acceptors (Lipinski definition) is 5. The van der Waals surface area contributed by atoms with Gasteiger partial charge in [-0.2, -0.15) is 0 Å². The number of amides is 1. The molecule has 2 aromatic rings. The molecule has 0 aliphatic carbocycles. The Bertz CT molecular complexity index is 778. The minimum Gasteiger partial charge on any atom is -0.369 e. The first-order chi connectivity index (χ1) is 12.4. The van der Waals surface area contributed by atoms with E-state index >= 15 is 0 Å². The highest BCUT2D eigenvalue weighted by molar-refractivity contribution is 5.92. The van der Waals surface area contributed by atoms with Crippen LogP contribution in [0.5, 0.6) is 0 Å². The second-order valence-corrected chi connectivity index (χ2v) is 6.84. The Hall–Kier alpha value is -2.70. The third-order valence-corrected chi connectivity index (χ3v) is 4.59. The number of aryl methyl sites for hydroxylation is 1. The largest absolute Gasteiger partial charge is 0.369 e. The van der Waals surface area contributed by atoms with Crippen LogP contribution in [0.25, 0.3) is 0 Å². The summed E-state index contributed by atoms with van der Waals surface area (Å²) >= 11 is 0. The van der Waals surface area contributed by atoms with Gasteiger partial charge in [0.25, 0.3) is 5.91 Å². The summed E-state index contributed by atoms with van der Waals surface area (Å²) in [6.07, 6.45) is 4.96. The van der Waals surface area contributed by atoms with Gasteiger partial charge in [-0.25, -0.2) is 14.4 Å². The minimum absolute atomic E-state index is 0.0241. The van der Waals surface area contributed by atoms with Crippen molar-refractivity contribution in [2.75, 3.05) is 37.0 Å². The summed E-state index contributed by atoms with van der Waals surface area (Å²) in [5.74, 6) is 0.260. The van der Waals surface area contributed by atoms with E-state index in [0.717, 1.165) is 30.6 Å². The molecule has 1 aliphatic heterocycles. The minimum atomic E-state index is -0.229. The molecule has 26 heavy (non-hydrogen) atoms. The van der Waals surface area contributed by atoms with Crippen LogP contribution in [0.4, 0.5) is 15.9 Å². The molecule has 0 radical (unpaired) electrons. The molecule has 1 fully saturated rings. The van der Waals surface area contributed by atoms with Crippen LogP contribution in [-0.2, 0) is 0 Å². The Kier molecular flexibility index (Phi) is 5.35. The smallest absolute Gasteiger partial charge is 0.271 e. The third-order valence-electron chi connectivity index (χ3n) is 4.59. The zero-order valence-corrected chi connectivity index (χ0v) is 15.4. The lowest BCUT2D eigenvalue weighted by atomic mass is 10.0. The molecule has 2 heterocycles. The van der Waals surface area contributed by atoms with Crippen LogP contribution >= 0.6 is 0 Å². The van der Waals surface area contributed by atoms with Gasteiger partial charge in [-0.3, -0.25) is 4.79 Å². The summed E-state index contributed by atoms with van der Waals surface area (Å²) in [7, 11) is 3.75. The van der Waals surface area contributed by atoms with Crippen molar-refractivity contribution in [2.45, 2.75) is 25.8 Å². The quantitative estimate of drug-likeness (QED) is 0.910. The van der Waals surface area contributed by atoms with Gasteiger partial charge in [-0.15, -0.1) is 0 Å². The van der Waals surface area contributed by atoms with Crippen LogP contribution in [-0.4, -0.2) is 49.1 Å². The number of anilines is 2. The van der Waals surface area contributed by atoms with E-state index in [-0.39, 0.29) is 17.8 Å². The van der Waals surface area contributed by atoms with Crippen molar-refractivity contribution < 1.29 is 9.18 Å². The standard InChI is InChI=1S/C19H24FN5O/c1-13-9-14(20)6-7-17(13)25-8-4-5-15(12-25)23-19(26)16-10-22-18(11-21-16)24(2)3/h6-7,9-11,15H,4-5,8,12H2,1-3H3,(H,23,26). The van der Waals surface area contributed by atoms with Crippen LogP contribution in [0.1, 0.15) is 28.9 Å². The Morgan fingerprint density at radius 3 is 2.77 bits per heavy atom. The van der Waals surface area contributed by atoms with Crippen molar-refractivity contribution in [3.05, 3.63) is 47.7 Å². The van der Waals surface area contributed by atoms with E-state index in [4.69, 9.17) is 0 Å². The highest BCUT2D eigenvalue weighted by atomic mass is 19.1. The fourth-order valence-corrected chi connectivity index (χ4v) is 3.22. The number of nitrogens with zero attached hydrogens (tertiary/aromatic N) is 4. The third kappa shape index (κ3) is 4.09. The molecular formula is C19H24FN5O. The summed E-state index contributed by atoms with van der Waals surface area (Å²) in [6.45, 7) is 3.50. The second kappa shape index (κ2) is 7.68. The number of aromatic nitrogens is 2. The summed E-state index contributed by atoms with van der Waals surface area (Å²) < 4.78 is 13.3. The lowest BCUT2D eigenvalue weighted by molar-refractivity contribution is 0.0927. The molecule has 1 saturated heterocycles. The maximum atomic E-state index is 13.3. The van der Waals surface area contributed by atoms with Gasteiger partial charge < -0.3 is 15.1 Å². The number of hydrogen-bond donors (Lipinski definition) is 1. The van der Waals surface area contributed by atoms with Crippen LogP contribution in [0.3, 0.4) is 0 Å². The number of rotatable bonds is 4. The summed E-state index contributed by atoms with van der Waals surface area (Å²) in [5, 5.41) is 3.04. The summed E-state index contributed by atoms with van der Waals surface area (Å²) in [5.41, 5.74) is 2.23. The van der Waals surface area contributed by atoms with Crippen LogP contribution < -0.4 is 15.1 Å². The average Bonchev–Trinajstić information content (AvgIpc) is 2.62. The predicted molar refractivity (Wildman–Crippen MR) is 100 cm³/mol. The van der Waals surface area contributed by atoms with E-state index in [1.807, 2.05) is 25.9 Å². The van der Waals surface area contributed by atoms with E-state index < -0.39 is 0 Å². The molecular weight excluding hydrogens is 333 g/mol. The molecule has 0 saturated carbocycles. The highest BCUT2D eigenvalue weighted by Gasteiger charge is 2.23. The van der Waals surface area contributed by atoms with Gasteiger partial charge in [0, 0.05) is 38.9 Å².